The van der Waals surface area contributed by atoms with Gasteiger partial charge in [-0.05, 0) is 38.6 Å². The minimum absolute atomic E-state index is 0.152. The van der Waals surface area contributed by atoms with Crippen LogP contribution in [0, 0.1) is 5.92 Å². The Labute approximate surface area is 103 Å². The molecule has 92 valence electrons. The number of nitrogens with zero attached hydrogens (tertiary/aromatic N) is 2. The molecule has 0 N–H and O–H groups in total. The predicted octanol–water partition coefficient (Wildman–Crippen LogP) is 1.99. The first-order valence-corrected chi connectivity index (χ1v) is 6.19. The van der Waals surface area contributed by atoms with E-state index in [1.165, 1.54) is 0 Å². The van der Waals surface area contributed by atoms with Crippen LogP contribution >= 0.6 is 0 Å². The Morgan fingerprint density at radius 3 is 2.71 bits per heavy atom. The smallest absolute Gasteiger partial charge is 0.231 e. The molecule has 0 aromatic heterocycles. The number of amides is 1. The summed E-state index contributed by atoms with van der Waals surface area (Å²) in [5.41, 5.74) is 0.978. The third kappa shape index (κ3) is 2.86. The van der Waals surface area contributed by atoms with Gasteiger partial charge in [-0.1, -0.05) is 18.2 Å². The third-order valence-corrected chi connectivity index (χ3v) is 3.45. The summed E-state index contributed by atoms with van der Waals surface area (Å²) in [6.45, 7) is 1.99. The number of carbonyl (C=O) groups excluding carboxylic acids is 1. The molecule has 0 saturated carbocycles. The number of hydrogen-bond donors (Lipinski definition) is 0. The number of likely N-dealkylation sites (tertiary alicyclic amines) is 1. The lowest BCUT2D eigenvalue weighted by atomic mass is 9.97. The number of para-hydroxylation sites is 1. The highest BCUT2D eigenvalue weighted by Gasteiger charge is 2.26. The zero-order valence-corrected chi connectivity index (χ0v) is 10.6. The lowest BCUT2D eigenvalue weighted by molar-refractivity contribution is -0.123. The maximum atomic E-state index is 12.3. The second-order valence-corrected chi connectivity index (χ2v) is 4.83. The largest absolute Gasteiger partial charge is 0.315 e. The normalized spacial score (nSPS) is 21.2. The SMILES string of the molecule is CN1CCC[C@@H](C(=O)N(C)c2ccccc2)C1. The van der Waals surface area contributed by atoms with Crippen molar-refractivity contribution in [3.63, 3.8) is 0 Å². The summed E-state index contributed by atoms with van der Waals surface area (Å²) in [5.74, 6) is 0.390. The standard InChI is InChI=1S/C14H20N2O/c1-15-10-6-7-12(11-15)14(17)16(2)13-8-4-3-5-9-13/h3-5,8-9,12H,6-7,10-11H2,1-2H3/t12-/m1/s1. The van der Waals surface area contributed by atoms with Crippen molar-refractivity contribution >= 4 is 11.6 Å². The van der Waals surface area contributed by atoms with Gasteiger partial charge in [0, 0.05) is 19.3 Å². The molecular weight excluding hydrogens is 212 g/mol. The van der Waals surface area contributed by atoms with E-state index in [1.54, 1.807) is 4.90 Å². The van der Waals surface area contributed by atoms with E-state index in [9.17, 15) is 4.79 Å². The molecule has 3 nitrogen and oxygen atoms in total. The first-order chi connectivity index (χ1) is 8.18. The fourth-order valence-corrected chi connectivity index (χ4v) is 2.42. The Morgan fingerprint density at radius 1 is 1.35 bits per heavy atom. The van der Waals surface area contributed by atoms with Crippen LogP contribution in [0.25, 0.3) is 0 Å². The molecule has 0 spiro atoms. The highest BCUT2D eigenvalue weighted by atomic mass is 16.2. The molecule has 0 aliphatic carbocycles. The predicted molar refractivity (Wildman–Crippen MR) is 70.1 cm³/mol. The number of carbonyl (C=O) groups is 1. The molecule has 0 radical (unpaired) electrons. The molecule has 1 fully saturated rings. The van der Waals surface area contributed by atoms with Gasteiger partial charge in [0.25, 0.3) is 0 Å². The molecule has 1 atom stereocenters. The van der Waals surface area contributed by atoms with Crippen molar-refractivity contribution in [2.75, 3.05) is 32.1 Å². The Bertz CT molecular complexity index is 377. The minimum atomic E-state index is 0.152. The molecule has 1 aliphatic rings. The maximum Gasteiger partial charge on any atom is 0.231 e. The van der Waals surface area contributed by atoms with Gasteiger partial charge in [-0.3, -0.25) is 4.79 Å². The van der Waals surface area contributed by atoms with E-state index < -0.39 is 0 Å². The highest BCUT2D eigenvalue weighted by molar-refractivity contribution is 5.94. The molecule has 1 amide bonds. The second kappa shape index (κ2) is 5.32. The summed E-state index contributed by atoms with van der Waals surface area (Å²) in [5, 5.41) is 0. The molecule has 1 aromatic carbocycles. The van der Waals surface area contributed by atoms with Gasteiger partial charge in [-0.15, -0.1) is 0 Å². The van der Waals surface area contributed by atoms with Crippen molar-refractivity contribution in [2.24, 2.45) is 5.92 Å². The third-order valence-electron chi connectivity index (χ3n) is 3.45. The van der Waals surface area contributed by atoms with Crippen LogP contribution in [0.2, 0.25) is 0 Å². The molecule has 1 saturated heterocycles. The number of hydrogen-bond acceptors (Lipinski definition) is 2. The molecule has 1 aromatic rings. The van der Waals surface area contributed by atoms with Crippen molar-refractivity contribution < 1.29 is 4.79 Å². The van der Waals surface area contributed by atoms with Gasteiger partial charge in [0.05, 0.1) is 5.92 Å². The number of anilines is 1. The first kappa shape index (κ1) is 12.1. The van der Waals surface area contributed by atoms with E-state index in [0.717, 1.165) is 31.6 Å². The summed E-state index contributed by atoms with van der Waals surface area (Å²) in [7, 11) is 3.95. The van der Waals surface area contributed by atoms with Gasteiger partial charge in [0.15, 0.2) is 0 Å². The summed E-state index contributed by atoms with van der Waals surface area (Å²) >= 11 is 0. The van der Waals surface area contributed by atoms with Gasteiger partial charge < -0.3 is 9.80 Å². The molecule has 0 bridgehead atoms. The van der Waals surface area contributed by atoms with Crippen LogP contribution in [0.3, 0.4) is 0 Å². The summed E-state index contributed by atoms with van der Waals surface area (Å²) in [4.78, 5) is 16.4. The molecule has 2 rings (SSSR count). The van der Waals surface area contributed by atoms with Crippen molar-refractivity contribution in [3.8, 4) is 0 Å². The fourth-order valence-electron chi connectivity index (χ4n) is 2.42. The van der Waals surface area contributed by atoms with E-state index in [-0.39, 0.29) is 11.8 Å². The second-order valence-electron chi connectivity index (χ2n) is 4.83. The van der Waals surface area contributed by atoms with Crippen molar-refractivity contribution in [2.45, 2.75) is 12.8 Å². The Morgan fingerprint density at radius 2 is 2.06 bits per heavy atom. The molecule has 17 heavy (non-hydrogen) atoms. The van der Waals surface area contributed by atoms with Gasteiger partial charge in [0.2, 0.25) is 5.91 Å². The Hall–Kier alpha value is -1.35. The zero-order chi connectivity index (χ0) is 12.3. The van der Waals surface area contributed by atoms with E-state index in [4.69, 9.17) is 0 Å². The van der Waals surface area contributed by atoms with Crippen LogP contribution in [-0.4, -0.2) is 38.0 Å². The Kier molecular flexibility index (Phi) is 3.79. The first-order valence-electron chi connectivity index (χ1n) is 6.19. The minimum Gasteiger partial charge on any atom is -0.315 e. The van der Waals surface area contributed by atoms with Gasteiger partial charge in [0.1, 0.15) is 0 Å². The fraction of sp³-hybridized carbons (Fsp3) is 0.500. The zero-order valence-electron chi connectivity index (χ0n) is 10.6. The van der Waals surface area contributed by atoms with Crippen LogP contribution in [0.15, 0.2) is 30.3 Å². The molecule has 3 heteroatoms. The van der Waals surface area contributed by atoms with Crippen LogP contribution in [0.5, 0.6) is 0 Å². The average molecular weight is 232 g/mol. The molecule has 0 unspecified atom stereocenters. The number of piperidine rings is 1. The van der Waals surface area contributed by atoms with Gasteiger partial charge in [-0.2, -0.15) is 0 Å². The Balaban J connectivity index is 2.04. The molecule has 1 aliphatic heterocycles. The lowest BCUT2D eigenvalue weighted by Crippen LogP contribution is -2.42. The van der Waals surface area contributed by atoms with Gasteiger partial charge in [-0.25, -0.2) is 0 Å². The number of rotatable bonds is 2. The lowest BCUT2D eigenvalue weighted by Gasteiger charge is -2.31. The van der Waals surface area contributed by atoms with Crippen LogP contribution < -0.4 is 4.90 Å². The van der Waals surface area contributed by atoms with E-state index in [2.05, 4.69) is 11.9 Å². The molecular formula is C14H20N2O. The van der Waals surface area contributed by atoms with E-state index in [0.29, 0.717) is 0 Å². The quantitative estimate of drug-likeness (QED) is 0.778. The summed E-state index contributed by atoms with van der Waals surface area (Å²) in [6.07, 6.45) is 2.13. The topological polar surface area (TPSA) is 23.6 Å². The monoisotopic (exact) mass is 232 g/mol. The number of benzene rings is 1. The van der Waals surface area contributed by atoms with Crippen molar-refractivity contribution in [1.82, 2.24) is 4.90 Å². The maximum absolute atomic E-state index is 12.3. The van der Waals surface area contributed by atoms with E-state index in [1.807, 2.05) is 37.4 Å². The van der Waals surface area contributed by atoms with Crippen LogP contribution in [0.1, 0.15) is 12.8 Å². The highest BCUT2D eigenvalue weighted by Crippen LogP contribution is 2.20. The van der Waals surface area contributed by atoms with E-state index >= 15 is 0 Å². The van der Waals surface area contributed by atoms with Crippen LogP contribution in [0.4, 0.5) is 5.69 Å². The summed E-state index contributed by atoms with van der Waals surface area (Å²) in [6, 6.07) is 9.85. The van der Waals surface area contributed by atoms with Crippen LogP contribution in [-0.2, 0) is 4.79 Å². The van der Waals surface area contributed by atoms with Crippen molar-refractivity contribution in [1.29, 1.82) is 0 Å². The molecule has 1 heterocycles. The average Bonchev–Trinajstić information content (AvgIpc) is 2.38. The van der Waals surface area contributed by atoms with Crippen molar-refractivity contribution in [3.05, 3.63) is 30.3 Å². The van der Waals surface area contributed by atoms with Gasteiger partial charge >= 0.3 is 0 Å². The summed E-state index contributed by atoms with van der Waals surface area (Å²) < 4.78 is 0.